The van der Waals surface area contributed by atoms with Crippen LogP contribution in [0, 0.1) is 0 Å². The Labute approximate surface area is 128 Å². The number of fused-ring (bicyclic) bond motifs is 1. The van der Waals surface area contributed by atoms with Gasteiger partial charge in [-0.05, 0) is 31.0 Å². The van der Waals surface area contributed by atoms with Gasteiger partial charge in [0, 0.05) is 38.1 Å². The monoisotopic (exact) mass is 310 g/mol. The molecule has 118 valence electrons. The van der Waals surface area contributed by atoms with Crippen LogP contribution in [-0.2, 0) is 16.4 Å². The molecule has 0 unspecified atom stereocenters. The van der Waals surface area contributed by atoms with Crippen LogP contribution in [0.1, 0.15) is 25.3 Å². The quantitative estimate of drug-likeness (QED) is 0.835. The highest BCUT2D eigenvalue weighted by molar-refractivity contribution is 7.90. The number of nitrogens with zero attached hydrogens (tertiary/aromatic N) is 2. The van der Waals surface area contributed by atoms with Gasteiger partial charge in [-0.25, -0.2) is 8.42 Å². The van der Waals surface area contributed by atoms with Gasteiger partial charge in [-0.1, -0.05) is 25.1 Å². The van der Waals surface area contributed by atoms with Crippen molar-refractivity contribution in [1.82, 2.24) is 4.90 Å². The number of hydrogen-bond donors (Lipinski definition) is 0. The van der Waals surface area contributed by atoms with Crippen molar-refractivity contribution in [3.63, 3.8) is 0 Å². The van der Waals surface area contributed by atoms with Crippen LogP contribution in [0.3, 0.4) is 0 Å². The molecule has 0 saturated carbocycles. The van der Waals surface area contributed by atoms with Crippen molar-refractivity contribution in [2.24, 2.45) is 0 Å². The predicted molar refractivity (Wildman–Crippen MR) is 88.5 cm³/mol. The Bertz CT molecular complexity index is 571. The highest BCUT2D eigenvalue weighted by Crippen LogP contribution is 2.27. The van der Waals surface area contributed by atoms with E-state index < -0.39 is 9.84 Å². The molecular formula is C16H26N2O2S. The minimum atomic E-state index is -2.87. The molecule has 0 aromatic heterocycles. The Kier molecular flexibility index (Phi) is 5.27. The Morgan fingerprint density at radius 1 is 1.29 bits per heavy atom. The van der Waals surface area contributed by atoms with Crippen molar-refractivity contribution in [2.75, 3.05) is 37.0 Å². The first kappa shape index (κ1) is 16.3. The van der Waals surface area contributed by atoms with E-state index in [4.69, 9.17) is 0 Å². The molecule has 1 aromatic rings. The van der Waals surface area contributed by atoms with Crippen LogP contribution in [0.5, 0.6) is 0 Å². The first-order valence-corrected chi connectivity index (χ1v) is 9.67. The molecule has 0 amide bonds. The first-order valence-electron chi connectivity index (χ1n) is 7.61. The maximum Gasteiger partial charge on any atom is 0.147 e. The van der Waals surface area contributed by atoms with Crippen molar-refractivity contribution in [2.45, 2.75) is 32.4 Å². The highest BCUT2D eigenvalue weighted by Gasteiger charge is 2.24. The van der Waals surface area contributed by atoms with Crippen LogP contribution in [0.4, 0.5) is 5.69 Å². The highest BCUT2D eigenvalue weighted by atomic mass is 32.2. The molecular weight excluding hydrogens is 284 g/mol. The van der Waals surface area contributed by atoms with E-state index in [9.17, 15) is 8.42 Å². The Morgan fingerprint density at radius 3 is 2.67 bits per heavy atom. The number of benzene rings is 1. The van der Waals surface area contributed by atoms with Gasteiger partial charge in [0.25, 0.3) is 0 Å². The number of likely N-dealkylation sites (N-methyl/N-ethyl adjacent to an activating group) is 1. The minimum Gasteiger partial charge on any atom is -0.373 e. The van der Waals surface area contributed by atoms with Crippen LogP contribution >= 0.6 is 0 Å². The summed E-state index contributed by atoms with van der Waals surface area (Å²) in [7, 11) is -0.726. The van der Waals surface area contributed by atoms with Crippen LogP contribution < -0.4 is 4.90 Å². The van der Waals surface area contributed by atoms with Crippen molar-refractivity contribution in [3.8, 4) is 0 Å². The molecule has 21 heavy (non-hydrogen) atoms. The number of hydrogen-bond acceptors (Lipinski definition) is 4. The topological polar surface area (TPSA) is 40.6 Å². The maximum absolute atomic E-state index is 11.3. The molecule has 1 atom stereocenters. The number of rotatable bonds is 5. The largest absolute Gasteiger partial charge is 0.373 e. The van der Waals surface area contributed by atoms with Crippen LogP contribution in [0.15, 0.2) is 24.3 Å². The summed E-state index contributed by atoms with van der Waals surface area (Å²) in [5.41, 5.74) is 2.62. The predicted octanol–water partition coefficient (Wildman–Crippen LogP) is 2.15. The van der Waals surface area contributed by atoms with Gasteiger partial charge in [0.15, 0.2) is 0 Å². The SMILES string of the molecule is CC[C@@H]1CN(C)c2ccccc2CN1CCCS(C)(=O)=O. The fourth-order valence-corrected chi connectivity index (χ4v) is 3.73. The molecule has 1 aromatic carbocycles. The first-order chi connectivity index (χ1) is 9.90. The average Bonchev–Trinajstić information content (AvgIpc) is 2.55. The molecule has 1 aliphatic rings. The molecule has 4 nitrogen and oxygen atoms in total. The minimum absolute atomic E-state index is 0.275. The summed E-state index contributed by atoms with van der Waals surface area (Å²) in [6.07, 6.45) is 3.11. The van der Waals surface area contributed by atoms with Gasteiger partial charge in [0.1, 0.15) is 9.84 Å². The van der Waals surface area contributed by atoms with Crippen molar-refractivity contribution in [1.29, 1.82) is 0 Å². The normalized spacial score (nSPS) is 20.1. The van der Waals surface area contributed by atoms with E-state index in [0.29, 0.717) is 12.5 Å². The third-order valence-electron chi connectivity index (χ3n) is 4.21. The smallest absolute Gasteiger partial charge is 0.147 e. The second-order valence-electron chi connectivity index (χ2n) is 6.03. The summed E-state index contributed by atoms with van der Waals surface area (Å²) in [4.78, 5) is 4.76. The molecule has 0 N–H and O–H groups in total. The van der Waals surface area contributed by atoms with E-state index in [0.717, 1.165) is 26.1 Å². The molecule has 0 spiro atoms. The lowest BCUT2D eigenvalue weighted by Gasteiger charge is -2.30. The molecule has 0 bridgehead atoms. The Morgan fingerprint density at radius 2 is 2.00 bits per heavy atom. The van der Waals surface area contributed by atoms with E-state index in [2.05, 4.69) is 48.0 Å². The van der Waals surface area contributed by atoms with Gasteiger partial charge in [-0.3, -0.25) is 4.90 Å². The van der Waals surface area contributed by atoms with Gasteiger partial charge in [-0.2, -0.15) is 0 Å². The van der Waals surface area contributed by atoms with Crippen LogP contribution in [-0.4, -0.2) is 51.5 Å². The number of anilines is 1. The van der Waals surface area contributed by atoms with Gasteiger partial charge < -0.3 is 4.90 Å². The zero-order valence-electron chi connectivity index (χ0n) is 13.2. The summed E-state index contributed by atoms with van der Waals surface area (Å²) >= 11 is 0. The summed E-state index contributed by atoms with van der Waals surface area (Å²) in [6.45, 7) is 4.95. The second-order valence-corrected chi connectivity index (χ2v) is 8.28. The molecule has 0 saturated heterocycles. The molecule has 0 fully saturated rings. The molecule has 0 aliphatic carbocycles. The molecule has 0 radical (unpaired) electrons. The lowest BCUT2D eigenvalue weighted by molar-refractivity contribution is 0.191. The lowest BCUT2D eigenvalue weighted by atomic mass is 10.1. The van der Waals surface area contributed by atoms with E-state index in [-0.39, 0.29) is 5.75 Å². The van der Waals surface area contributed by atoms with Gasteiger partial charge in [-0.15, -0.1) is 0 Å². The average molecular weight is 310 g/mol. The molecule has 5 heteroatoms. The summed E-state index contributed by atoms with van der Waals surface area (Å²) in [5.74, 6) is 0.275. The standard InChI is InChI=1S/C16H26N2O2S/c1-4-15-13-17(2)16-9-6-5-8-14(16)12-18(15)10-7-11-21(3,19)20/h5-6,8-9,15H,4,7,10-13H2,1-3H3/t15-/m1/s1. The molecule has 2 rings (SSSR count). The summed E-state index contributed by atoms with van der Waals surface area (Å²) in [6, 6.07) is 8.97. The summed E-state index contributed by atoms with van der Waals surface area (Å²) < 4.78 is 22.6. The van der Waals surface area contributed by atoms with E-state index in [1.54, 1.807) is 0 Å². The molecule has 1 aliphatic heterocycles. The van der Waals surface area contributed by atoms with E-state index in [1.165, 1.54) is 17.5 Å². The lowest BCUT2D eigenvalue weighted by Crippen LogP contribution is -2.40. The van der Waals surface area contributed by atoms with Gasteiger partial charge in [0.05, 0.1) is 5.75 Å². The number of para-hydroxylation sites is 1. The van der Waals surface area contributed by atoms with E-state index >= 15 is 0 Å². The fourth-order valence-electron chi connectivity index (χ4n) is 3.07. The Balaban J connectivity index is 2.12. The van der Waals surface area contributed by atoms with Crippen molar-refractivity contribution >= 4 is 15.5 Å². The number of sulfone groups is 1. The van der Waals surface area contributed by atoms with Gasteiger partial charge in [0.2, 0.25) is 0 Å². The van der Waals surface area contributed by atoms with Crippen LogP contribution in [0.25, 0.3) is 0 Å². The fraction of sp³-hybridized carbons (Fsp3) is 0.625. The van der Waals surface area contributed by atoms with Gasteiger partial charge >= 0.3 is 0 Å². The zero-order chi connectivity index (χ0) is 15.5. The summed E-state index contributed by atoms with van der Waals surface area (Å²) in [5, 5.41) is 0. The molecule has 1 heterocycles. The zero-order valence-corrected chi connectivity index (χ0v) is 14.1. The maximum atomic E-state index is 11.3. The third kappa shape index (κ3) is 4.45. The van der Waals surface area contributed by atoms with Crippen molar-refractivity contribution in [3.05, 3.63) is 29.8 Å². The third-order valence-corrected chi connectivity index (χ3v) is 5.24. The van der Waals surface area contributed by atoms with Crippen molar-refractivity contribution < 1.29 is 8.42 Å². The van der Waals surface area contributed by atoms with E-state index in [1.807, 2.05) is 0 Å². The Hall–Kier alpha value is -1.07. The van der Waals surface area contributed by atoms with Crippen LogP contribution in [0.2, 0.25) is 0 Å². The second kappa shape index (κ2) is 6.79.